The number of fused-ring (bicyclic) bond motifs is 1. The van der Waals surface area contributed by atoms with E-state index in [0.717, 1.165) is 60.5 Å². The Morgan fingerprint density at radius 2 is 1.59 bits per heavy atom. The van der Waals surface area contributed by atoms with Crippen molar-refractivity contribution in [3.63, 3.8) is 0 Å². The Bertz CT molecular complexity index is 805. The van der Waals surface area contributed by atoms with Crippen LogP contribution in [0.15, 0.2) is 67.8 Å². The van der Waals surface area contributed by atoms with Gasteiger partial charge >= 0.3 is 0 Å². The SMILES string of the molecule is C=C1c2ccccc2C(=O)N1CCCCCSNCc1ccc(F)cc1.C=CCN.CC.CC. The normalized spacial score (nSPS) is 11.3. The number of benzene rings is 2. The average Bonchev–Trinajstić information content (AvgIpc) is 3.14. The van der Waals surface area contributed by atoms with Crippen LogP contribution in [0, 0.1) is 5.82 Å². The highest BCUT2D eigenvalue weighted by atomic mass is 32.2. The van der Waals surface area contributed by atoms with Crippen molar-refractivity contribution in [1.82, 2.24) is 9.62 Å². The molecule has 0 atom stereocenters. The molecule has 34 heavy (non-hydrogen) atoms. The highest BCUT2D eigenvalue weighted by molar-refractivity contribution is 7.97. The van der Waals surface area contributed by atoms with Crippen molar-refractivity contribution >= 4 is 23.6 Å². The number of nitrogens with zero attached hydrogens (tertiary/aromatic N) is 1. The van der Waals surface area contributed by atoms with Crippen LogP contribution in [0.4, 0.5) is 4.39 Å². The maximum absolute atomic E-state index is 12.8. The van der Waals surface area contributed by atoms with Crippen molar-refractivity contribution in [2.45, 2.75) is 53.5 Å². The molecule has 0 aliphatic carbocycles. The zero-order chi connectivity index (χ0) is 25.8. The number of halogens is 1. The van der Waals surface area contributed by atoms with Crippen LogP contribution in [0.1, 0.15) is 68.4 Å². The van der Waals surface area contributed by atoms with E-state index in [1.165, 1.54) is 12.1 Å². The van der Waals surface area contributed by atoms with E-state index in [2.05, 4.69) is 17.9 Å². The zero-order valence-corrected chi connectivity index (χ0v) is 22.1. The number of nitrogens with one attached hydrogen (secondary N) is 1. The molecule has 0 saturated carbocycles. The summed E-state index contributed by atoms with van der Waals surface area (Å²) in [7, 11) is 0. The molecule has 1 amide bonds. The lowest BCUT2D eigenvalue weighted by Gasteiger charge is -2.17. The van der Waals surface area contributed by atoms with Gasteiger partial charge in [-0.3, -0.25) is 9.52 Å². The third-order valence-corrected chi connectivity index (χ3v) is 5.47. The van der Waals surface area contributed by atoms with E-state index in [9.17, 15) is 9.18 Å². The summed E-state index contributed by atoms with van der Waals surface area (Å²) < 4.78 is 16.1. The number of carbonyl (C=O) groups excluding carboxylic acids is 1. The van der Waals surface area contributed by atoms with Crippen LogP contribution >= 0.6 is 11.9 Å². The number of hydrogen-bond acceptors (Lipinski definition) is 4. The Labute approximate surface area is 210 Å². The summed E-state index contributed by atoms with van der Waals surface area (Å²) in [5.41, 5.74) is 8.52. The predicted octanol–water partition coefficient (Wildman–Crippen LogP) is 7.04. The standard InChI is InChI=1S/C21H23FN2OS.C3H7N.2C2H6/c1-16-19-7-3-4-8-20(19)21(25)24(16)13-5-2-6-14-26-23-15-17-9-11-18(22)12-10-17;1-2-3-4;2*1-2/h3-4,7-12,23H,1-2,5-6,13-15H2;2H,1,3-4H2;2*1-2H3. The topological polar surface area (TPSA) is 58.4 Å². The third kappa shape index (κ3) is 11.1. The highest BCUT2D eigenvalue weighted by Gasteiger charge is 2.29. The summed E-state index contributed by atoms with van der Waals surface area (Å²) in [6.45, 7) is 17.5. The molecule has 0 saturated heterocycles. The van der Waals surface area contributed by atoms with Gasteiger partial charge in [-0.1, -0.05) is 89.1 Å². The zero-order valence-electron chi connectivity index (χ0n) is 21.3. The highest BCUT2D eigenvalue weighted by Crippen LogP contribution is 2.31. The molecule has 1 aliphatic rings. The lowest BCUT2D eigenvalue weighted by molar-refractivity contribution is 0.0849. The second kappa shape index (κ2) is 20.0. The van der Waals surface area contributed by atoms with E-state index in [0.29, 0.717) is 6.54 Å². The van der Waals surface area contributed by atoms with Gasteiger partial charge in [0.1, 0.15) is 5.82 Å². The van der Waals surface area contributed by atoms with E-state index in [-0.39, 0.29) is 11.7 Å². The Kier molecular flexibility index (Phi) is 18.6. The van der Waals surface area contributed by atoms with Crippen LogP contribution in [0.5, 0.6) is 0 Å². The molecule has 0 fully saturated rings. The van der Waals surface area contributed by atoms with Gasteiger partial charge < -0.3 is 10.6 Å². The van der Waals surface area contributed by atoms with Crippen LogP contribution < -0.4 is 10.5 Å². The van der Waals surface area contributed by atoms with Gasteiger partial charge in [0.2, 0.25) is 0 Å². The average molecular weight is 488 g/mol. The molecule has 6 heteroatoms. The molecular formula is C28H42FN3OS. The first kappa shape index (κ1) is 31.6. The summed E-state index contributed by atoms with van der Waals surface area (Å²) in [4.78, 5) is 14.2. The Balaban J connectivity index is 0.00000121. The summed E-state index contributed by atoms with van der Waals surface area (Å²) in [5.74, 6) is 0.876. The first-order chi connectivity index (χ1) is 16.6. The molecule has 4 nitrogen and oxygen atoms in total. The minimum atomic E-state index is -0.205. The minimum absolute atomic E-state index is 0.0703. The maximum atomic E-state index is 12.8. The Morgan fingerprint density at radius 3 is 2.15 bits per heavy atom. The maximum Gasteiger partial charge on any atom is 0.258 e. The quantitative estimate of drug-likeness (QED) is 0.214. The van der Waals surface area contributed by atoms with Crippen LogP contribution in [0.3, 0.4) is 0 Å². The van der Waals surface area contributed by atoms with E-state index in [1.54, 1.807) is 35.1 Å². The molecule has 0 unspecified atom stereocenters. The van der Waals surface area contributed by atoms with E-state index in [4.69, 9.17) is 5.73 Å². The van der Waals surface area contributed by atoms with Gasteiger partial charge in [-0.2, -0.15) is 0 Å². The van der Waals surface area contributed by atoms with Crippen molar-refractivity contribution in [1.29, 1.82) is 0 Å². The van der Waals surface area contributed by atoms with Crippen LogP contribution in [-0.4, -0.2) is 29.6 Å². The van der Waals surface area contributed by atoms with Gasteiger partial charge in [0.25, 0.3) is 5.91 Å². The number of unbranched alkanes of at least 4 members (excludes halogenated alkanes) is 2. The second-order valence-electron chi connectivity index (χ2n) is 6.83. The number of hydrogen-bond donors (Lipinski definition) is 2. The van der Waals surface area contributed by atoms with E-state index >= 15 is 0 Å². The van der Waals surface area contributed by atoms with Gasteiger partial charge in [-0.25, -0.2) is 4.39 Å². The summed E-state index contributed by atoms with van der Waals surface area (Å²) >= 11 is 1.68. The van der Waals surface area contributed by atoms with Crippen molar-refractivity contribution in [2.24, 2.45) is 5.73 Å². The molecule has 2 aromatic rings. The van der Waals surface area contributed by atoms with Crippen LogP contribution in [0.2, 0.25) is 0 Å². The fraction of sp³-hybridized carbons (Fsp3) is 0.393. The van der Waals surface area contributed by atoms with Gasteiger partial charge in [0, 0.05) is 42.2 Å². The molecule has 0 bridgehead atoms. The van der Waals surface area contributed by atoms with Gasteiger partial charge in [0.05, 0.1) is 0 Å². The first-order valence-electron chi connectivity index (χ1n) is 12.1. The molecule has 1 aliphatic heterocycles. The lowest BCUT2D eigenvalue weighted by Crippen LogP contribution is -2.23. The molecule has 2 aromatic carbocycles. The first-order valence-corrected chi connectivity index (χ1v) is 13.1. The molecule has 188 valence electrons. The fourth-order valence-electron chi connectivity index (χ4n) is 3.00. The van der Waals surface area contributed by atoms with Crippen molar-refractivity contribution in [3.8, 4) is 0 Å². The minimum Gasteiger partial charge on any atom is -0.327 e. The fourth-order valence-corrected chi connectivity index (χ4v) is 3.76. The largest absolute Gasteiger partial charge is 0.327 e. The number of carbonyl (C=O) groups is 1. The molecule has 0 aromatic heterocycles. The van der Waals surface area contributed by atoms with Crippen LogP contribution in [0.25, 0.3) is 5.70 Å². The van der Waals surface area contributed by atoms with Gasteiger partial charge in [-0.05, 0) is 36.6 Å². The molecule has 1 heterocycles. The Hall–Kier alpha value is -2.41. The predicted molar refractivity (Wildman–Crippen MR) is 148 cm³/mol. The summed E-state index contributed by atoms with van der Waals surface area (Å²) in [6, 6.07) is 14.2. The molecule has 0 spiro atoms. The van der Waals surface area contributed by atoms with Gasteiger partial charge in [-0.15, -0.1) is 6.58 Å². The van der Waals surface area contributed by atoms with Crippen molar-refractivity contribution in [2.75, 3.05) is 18.8 Å². The third-order valence-electron chi connectivity index (χ3n) is 4.63. The lowest BCUT2D eigenvalue weighted by atomic mass is 10.1. The van der Waals surface area contributed by atoms with Gasteiger partial charge in [0.15, 0.2) is 0 Å². The van der Waals surface area contributed by atoms with Crippen molar-refractivity contribution < 1.29 is 9.18 Å². The monoisotopic (exact) mass is 487 g/mol. The molecule has 3 rings (SSSR count). The summed E-state index contributed by atoms with van der Waals surface area (Å²) in [5, 5.41) is 0. The molecular weight excluding hydrogens is 445 g/mol. The number of nitrogens with two attached hydrogens (primary N) is 1. The van der Waals surface area contributed by atoms with E-state index < -0.39 is 0 Å². The second-order valence-corrected chi connectivity index (χ2v) is 7.82. The van der Waals surface area contributed by atoms with E-state index in [1.807, 2.05) is 52.0 Å². The summed E-state index contributed by atoms with van der Waals surface area (Å²) in [6.07, 6.45) is 4.78. The molecule has 3 N–H and O–H groups in total. The smallest absolute Gasteiger partial charge is 0.258 e. The number of rotatable bonds is 10. The molecule has 0 radical (unpaired) electrons. The van der Waals surface area contributed by atoms with Crippen LogP contribution in [-0.2, 0) is 6.54 Å². The van der Waals surface area contributed by atoms with Crippen molar-refractivity contribution in [3.05, 3.63) is 90.3 Å². The number of amides is 1. The Morgan fingerprint density at radius 1 is 1.00 bits per heavy atom.